The number of rotatable bonds is 3. The van der Waals surface area contributed by atoms with Gasteiger partial charge in [-0.05, 0) is 18.2 Å². The van der Waals surface area contributed by atoms with Gasteiger partial charge in [-0.15, -0.1) is 11.3 Å². The Labute approximate surface area is 100 Å². The van der Waals surface area contributed by atoms with Gasteiger partial charge < -0.3 is 5.73 Å². The first-order valence-electron chi connectivity index (χ1n) is 4.63. The highest BCUT2D eigenvalue weighted by Gasteiger charge is 2.28. The molecule has 0 aromatic carbocycles. The van der Waals surface area contributed by atoms with Gasteiger partial charge in [0.15, 0.2) is 0 Å². The molecule has 0 bridgehead atoms. The van der Waals surface area contributed by atoms with Crippen LogP contribution in [0, 0.1) is 0 Å². The highest BCUT2D eigenvalue weighted by molar-refractivity contribution is 7.19. The van der Waals surface area contributed by atoms with Gasteiger partial charge in [0.1, 0.15) is 5.15 Å². The molecule has 0 saturated carbocycles. The number of fused-ring (bicyclic) bond motifs is 1. The topological polar surface area (TPSA) is 38.9 Å². The molecular formula is C10H9ClF2N2S. The maximum atomic E-state index is 13.1. The van der Waals surface area contributed by atoms with E-state index in [1.165, 1.54) is 11.3 Å². The lowest BCUT2D eigenvalue weighted by molar-refractivity contribution is 0.0123. The van der Waals surface area contributed by atoms with Gasteiger partial charge in [-0.1, -0.05) is 11.6 Å². The van der Waals surface area contributed by atoms with Gasteiger partial charge in [-0.25, -0.2) is 13.8 Å². The van der Waals surface area contributed by atoms with Crippen molar-refractivity contribution in [1.82, 2.24) is 4.98 Å². The predicted molar refractivity (Wildman–Crippen MR) is 62.3 cm³/mol. The van der Waals surface area contributed by atoms with E-state index in [0.29, 0.717) is 15.5 Å². The summed E-state index contributed by atoms with van der Waals surface area (Å²) >= 11 is 7.01. The van der Waals surface area contributed by atoms with E-state index in [9.17, 15) is 8.78 Å². The van der Waals surface area contributed by atoms with E-state index in [4.69, 9.17) is 17.3 Å². The summed E-state index contributed by atoms with van der Waals surface area (Å²) in [5.41, 5.74) is 5.64. The molecule has 0 spiro atoms. The summed E-state index contributed by atoms with van der Waals surface area (Å²) in [5, 5.41) is 0.363. The highest BCUT2D eigenvalue weighted by Crippen LogP contribution is 2.29. The lowest BCUT2D eigenvalue weighted by Crippen LogP contribution is -2.29. The predicted octanol–water partition coefficient (Wildman–Crippen LogP) is 3.09. The average Bonchev–Trinajstić information content (AvgIpc) is 2.58. The molecule has 0 amide bonds. The Kier molecular flexibility index (Phi) is 3.10. The van der Waals surface area contributed by atoms with Crippen LogP contribution in [0.15, 0.2) is 18.2 Å². The number of nitrogens with two attached hydrogens (primary N) is 1. The lowest BCUT2D eigenvalue weighted by Gasteiger charge is -2.11. The van der Waals surface area contributed by atoms with Gasteiger partial charge >= 0.3 is 0 Å². The number of nitrogens with zero attached hydrogens (tertiary/aromatic N) is 1. The molecule has 0 aliphatic carbocycles. The van der Waals surface area contributed by atoms with E-state index in [2.05, 4.69) is 4.98 Å². The largest absolute Gasteiger partial charge is 0.325 e. The fourth-order valence-corrected chi connectivity index (χ4v) is 2.60. The maximum Gasteiger partial charge on any atom is 0.264 e. The Balaban J connectivity index is 2.33. The summed E-state index contributed by atoms with van der Waals surface area (Å²) in [6.07, 6.45) is -0.345. The number of halogens is 3. The SMILES string of the molecule is NCC(F)(F)Cc1cc2nc(Cl)ccc2s1. The van der Waals surface area contributed by atoms with Crippen molar-refractivity contribution in [3.63, 3.8) is 0 Å². The Morgan fingerprint density at radius 3 is 2.88 bits per heavy atom. The molecule has 0 unspecified atom stereocenters. The molecule has 2 aromatic rings. The molecule has 2 N–H and O–H groups in total. The average molecular weight is 263 g/mol. The van der Waals surface area contributed by atoms with Gasteiger partial charge in [0.2, 0.25) is 0 Å². The van der Waals surface area contributed by atoms with Gasteiger partial charge in [0.25, 0.3) is 5.92 Å². The number of thiophene rings is 1. The van der Waals surface area contributed by atoms with Gasteiger partial charge in [0.05, 0.1) is 16.8 Å². The second-order valence-electron chi connectivity index (χ2n) is 3.47. The van der Waals surface area contributed by atoms with Crippen LogP contribution in [0.25, 0.3) is 10.2 Å². The Bertz CT molecular complexity index is 512. The smallest absolute Gasteiger partial charge is 0.264 e. The third-order valence-electron chi connectivity index (χ3n) is 2.12. The normalized spacial score (nSPS) is 12.2. The molecule has 0 fully saturated rings. The summed E-state index contributed by atoms with van der Waals surface area (Å²) in [4.78, 5) is 4.62. The molecule has 86 valence electrons. The van der Waals surface area contributed by atoms with Crippen LogP contribution in [0.4, 0.5) is 8.78 Å². The third-order valence-corrected chi connectivity index (χ3v) is 3.42. The molecule has 16 heavy (non-hydrogen) atoms. The standard InChI is InChI=1S/C10H9ClF2N2S/c11-9-2-1-8-7(15-9)3-6(16-8)4-10(12,13)5-14/h1-3H,4-5,14H2. The molecule has 2 rings (SSSR count). The van der Waals surface area contributed by atoms with Crippen molar-refractivity contribution < 1.29 is 8.78 Å². The zero-order valence-electron chi connectivity index (χ0n) is 8.21. The molecular weight excluding hydrogens is 254 g/mol. The zero-order valence-corrected chi connectivity index (χ0v) is 9.79. The van der Waals surface area contributed by atoms with Crippen LogP contribution in [0.5, 0.6) is 0 Å². The van der Waals surface area contributed by atoms with Crippen molar-refractivity contribution in [3.8, 4) is 0 Å². The minimum Gasteiger partial charge on any atom is -0.325 e. The van der Waals surface area contributed by atoms with Crippen LogP contribution in [-0.4, -0.2) is 17.5 Å². The molecule has 2 aromatic heterocycles. The van der Waals surface area contributed by atoms with E-state index < -0.39 is 12.5 Å². The summed E-state index contributed by atoms with van der Waals surface area (Å²) < 4.78 is 27.0. The van der Waals surface area contributed by atoms with Crippen LogP contribution >= 0.6 is 22.9 Å². The van der Waals surface area contributed by atoms with Crippen LogP contribution in [-0.2, 0) is 6.42 Å². The Morgan fingerprint density at radius 2 is 2.19 bits per heavy atom. The number of aromatic nitrogens is 1. The van der Waals surface area contributed by atoms with E-state index in [1.807, 2.05) is 0 Å². The quantitative estimate of drug-likeness (QED) is 0.864. The molecule has 0 radical (unpaired) electrons. The second kappa shape index (κ2) is 4.24. The van der Waals surface area contributed by atoms with Gasteiger partial charge in [-0.3, -0.25) is 0 Å². The van der Waals surface area contributed by atoms with Crippen molar-refractivity contribution in [2.24, 2.45) is 5.73 Å². The number of hydrogen-bond donors (Lipinski definition) is 1. The molecule has 2 nitrogen and oxygen atoms in total. The maximum absolute atomic E-state index is 13.1. The first-order chi connectivity index (χ1) is 7.50. The van der Waals surface area contributed by atoms with E-state index in [0.717, 1.165) is 4.70 Å². The second-order valence-corrected chi connectivity index (χ2v) is 5.02. The molecule has 0 aliphatic heterocycles. The van der Waals surface area contributed by atoms with Crippen molar-refractivity contribution >= 4 is 33.2 Å². The Hall–Kier alpha value is -0.780. The van der Waals surface area contributed by atoms with Crippen molar-refractivity contribution in [3.05, 3.63) is 28.2 Å². The van der Waals surface area contributed by atoms with Gasteiger partial charge in [0, 0.05) is 11.3 Å². The summed E-state index contributed by atoms with van der Waals surface area (Å²) in [5.74, 6) is -2.86. The van der Waals surface area contributed by atoms with Crippen LogP contribution in [0.2, 0.25) is 5.15 Å². The third kappa shape index (κ3) is 2.48. The number of alkyl halides is 2. The summed E-state index contributed by atoms with van der Waals surface area (Å²) in [6.45, 7) is -0.643. The first kappa shape index (κ1) is 11.7. The van der Waals surface area contributed by atoms with Crippen LogP contribution in [0.3, 0.4) is 0 Å². The fourth-order valence-electron chi connectivity index (χ4n) is 1.36. The highest BCUT2D eigenvalue weighted by atomic mass is 35.5. The monoisotopic (exact) mass is 262 g/mol. The van der Waals surface area contributed by atoms with Crippen LogP contribution in [0.1, 0.15) is 4.88 Å². The minimum atomic E-state index is -2.86. The molecule has 0 atom stereocenters. The zero-order chi connectivity index (χ0) is 11.8. The van der Waals surface area contributed by atoms with E-state index >= 15 is 0 Å². The molecule has 2 heterocycles. The first-order valence-corrected chi connectivity index (χ1v) is 5.82. The van der Waals surface area contributed by atoms with E-state index in [1.54, 1.807) is 18.2 Å². The number of hydrogen-bond acceptors (Lipinski definition) is 3. The van der Waals surface area contributed by atoms with Gasteiger partial charge in [-0.2, -0.15) is 0 Å². The fraction of sp³-hybridized carbons (Fsp3) is 0.300. The van der Waals surface area contributed by atoms with Crippen molar-refractivity contribution in [2.75, 3.05) is 6.54 Å². The van der Waals surface area contributed by atoms with Crippen molar-refractivity contribution in [2.45, 2.75) is 12.3 Å². The summed E-state index contributed by atoms with van der Waals surface area (Å²) in [6, 6.07) is 5.06. The minimum absolute atomic E-state index is 0.345. The molecule has 0 aliphatic rings. The molecule has 0 saturated heterocycles. The molecule has 6 heteroatoms. The Morgan fingerprint density at radius 1 is 1.44 bits per heavy atom. The van der Waals surface area contributed by atoms with Crippen LogP contribution < -0.4 is 5.73 Å². The summed E-state index contributed by atoms with van der Waals surface area (Å²) in [7, 11) is 0. The lowest BCUT2D eigenvalue weighted by atomic mass is 10.2. The van der Waals surface area contributed by atoms with E-state index in [-0.39, 0.29) is 6.42 Å². The number of pyridine rings is 1. The van der Waals surface area contributed by atoms with Crippen molar-refractivity contribution in [1.29, 1.82) is 0 Å².